The fraction of sp³-hybridized carbons (Fsp3) is 0.167. The molecule has 0 fully saturated rings. The Hall–Kier alpha value is -4.38. The number of carbonyl (C=O) groups is 1. The maximum atomic E-state index is 13.0. The van der Waals surface area contributed by atoms with E-state index in [1.54, 1.807) is 31.3 Å². The molecular formula is C24H23F2N7O2. The minimum absolute atomic E-state index is 0.132. The van der Waals surface area contributed by atoms with Crippen molar-refractivity contribution in [3.8, 4) is 5.82 Å². The summed E-state index contributed by atoms with van der Waals surface area (Å²) in [5.74, 6) is 1.10. The van der Waals surface area contributed by atoms with Gasteiger partial charge >= 0.3 is 0 Å². The van der Waals surface area contributed by atoms with Gasteiger partial charge in [-0.05, 0) is 36.8 Å². The van der Waals surface area contributed by atoms with Gasteiger partial charge in [-0.25, -0.2) is 18.7 Å². The Morgan fingerprint density at radius 1 is 1.11 bits per heavy atom. The van der Waals surface area contributed by atoms with Crippen LogP contribution in [-0.2, 0) is 6.61 Å². The topological polar surface area (TPSA) is 117 Å². The Labute approximate surface area is 199 Å². The van der Waals surface area contributed by atoms with Gasteiger partial charge in [-0.3, -0.25) is 4.79 Å². The van der Waals surface area contributed by atoms with Crippen LogP contribution in [-0.4, -0.2) is 37.8 Å². The average Bonchev–Trinajstić information content (AvgIpc) is 3.29. The summed E-state index contributed by atoms with van der Waals surface area (Å²) >= 11 is 0. The van der Waals surface area contributed by atoms with Gasteiger partial charge in [0.25, 0.3) is 12.3 Å². The van der Waals surface area contributed by atoms with Crippen molar-refractivity contribution in [3.05, 3.63) is 83.3 Å². The predicted octanol–water partition coefficient (Wildman–Crippen LogP) is 4.44. The molecule has 0 unspecified atom stereocenters. The molecule has 35 heavy (non-hydrogen) atoms. The zero-order valence-corrected chi connectivity index (χ0v) is 19.0. The Morgan fingerprint density at radius 2 is 1.94 bits per heavy atom. The van der Waals surface area contributed by atoms with E-state index in [1.807, 2.05) is 13.0 Å². The fourth-order valence-corrected chi connectivity index (χ4v) is 3.36. The Kier molecular flexibility index (Phi) is 6.97. The molecule has 0 aliphatic heterocycles. The van der Waals surface area contributed by atoms with Gasteiger partial charge in [0.15, 0.2) is 5.82 Å². The number of aliphatic hydroxyl groups excluding tert-OH is 1. The quantitative estimate of drug-likeness (QED) is 0.295. The van der Waals surface area contributed by atoms with E-state index in [0.29, 0.717) is 34.5 Å². The number of nitrogens with one attached hydrogen (secondary N) is 3. The van der Waals surface area contributed by atoms with Crippen molar-refractivity contribution in [3.63, 3.8) is 0 Å². The van der Waals surface area contributed by atoms with E-state index in [2.05, 4.69) is 31.0 Å². The lowest BCUT2D eigenvalue weighted by atomic mass is 10.1. The van der Waals surface area contributed by atoms with E-state index in [-0.39, 0.29) is 17.7 Å². The number of benzene rings is 2. The second kappa shape index (κ2) is 10.3. The van der Waals surface area contributed by atoms with Crippen LogP contribution < -0.4 is 16.0 Å². The van der Waals surface area contributed by atoms with Crippen molar-refractivity contribution < 1.29 is 18.7 Å². The lowest BCUT2D eigenvalue weighted by Gasteiger charge is -2.14. The fourth-order valence-electron chi connectivity index (χ4n) is 3.36. The molecule has 4 rings (SSSR count). The molecule has 0 radical (unpaired) electrons. The summed E-state index contributed by atoms with van der Waals surface area (Å²) < 4.78 is 27.5. The number of nitrogens with zero attached hydrogens (tertiary/aromatic N) is 4. The lowest BCUT2D eigenvalue weighted by molar-refractivity contribution is 0.102. The van der Waals surface area contributed by atoms with Crippen molar-refractivity contribution in [2.75, 3.05) is 23.0 Å². The van der Waals surface area contributed by atoms with Crippen LogP contribution in [0.15, 0.2) is 60.9 Å². The minimum atomic E-state index is -2.66. The van der Waals surface area contributed by atoms with Crippen LogP contribution in [0.3, 0.4) is 0 Å². The molecular weight excluding hydrogens is 456 g/mol. The highest BCUT2D eigenvalue weighted by Gasteiger charge is 2.15. The standard InChI is InChI=1S/C24H23F2N7O2/c1-14-6-7-17(30-24(35)16-5-3-4-15(8-16)23(25)26)9-19(14)31-22-10-18(12-34)32-33(22)21-11-20(27-2)28-13-29-21/h3-11,13,23,31,34H,12H2,1-2H3,(H,30,35)(H,27,28,29). The molecule has 0 atom stereocenters. The number of aliphatic hydroxyl groups is 1. The summed E-state index contributed by atoms with van der Waals surface area (Å²) in [5, 5.41) is 22.9. The van der Waals surface area contributed by atoms with E-state index in [4.69, 9.17) is 0 Å². The van der Waals surface area contributed by atoms with Crippen LogP contribution >= 0.6 is 0 Å². The van der Waals surface area contributed by atoms with Gasteiger partial charge in [-0.2, -0.15) is 9.78 Å². The van der Waals surface area contributed by atoms with Gasteiger partial charge in [0, 0.05) is 41.7 Å². The zero-order valence-electron chi connectivity index (χ0n) is 19.0. The lowest BCUT2D eigenvalue weighted by Crippen LogP contribution is -2.12. The highest BCUT2D eigenvalue weighted by Crippen LogP contribution is 2.27. The average molecular weight is 479 g/mol. The number of amides is 1. The molecule has 2 aromatic carbocycles. The van der Waals surface area contributed by atoms with Crippen LogP contribution in [0.1, 0.15) is 33.6 Å². The van der Waals surface area contributed by atoms with Gasteiger partial charge in [0.05, 0.1) is 12.3 Å². The molecule has 1 amide bonds. The van der Waals surface area contributed by atoms with Gasteiger partial charge < -0.3 is 21.1 Å². The first-order valence-electron chi connectivity index (χ1n) is 10.6. The van der Waals surface area contributed by atoms with Gasteiger partial charge in [0.1, 0.15) is 18.0 Å². The zero-order chi connectivity index (χ0) is 24.9. The molecule has 180 valence electrons. The molecule has 2 aromatic heterocycles. The number of rotatable bonds is 8. The maximum absolute atomic E-state index is 13.0. The van der Waals surface area contributed by atoms with Crippen LogP contribution in [0.5, 0.6) is 0 Å². The Bertz CT molecular complexity index is 1360. The first-order valence-corrected chi connectivity index (χ1v) is 10.6. The predicted molar refractivity (Wildman–Crippen MR) is 128 cm³/mol. The molecule has 9 nitrogen and oxygen atoms in total. The van der Waals surface area contributed by atoms with Crippen LogP contribution in [0.25, 0.3) is 5.82 Å². The number of hydrogen-bond donors (Lipinski definition) is 4. The number of hydrogen-bond acceptors (Lipinski definition) is 7. The number of anilines is 4. The molecule has 2 heterocycles. The number of aryl methyl sites for hydroxylation is 1. The van der Waals surface area contributed by atoms with Crippen LogP contribution in [0.4, 0.5) is 31.8 Å². The summed E-state index contributed by atoms with van der Waals surface area (Å²) in [5.41, 5.74) is 2.35. The van der Waals surface area contributed by atoms with Crippen LogP contribution in [0.2, 0.25) is 0 Å². The molecule has 0 saturated heterocycles. The number of alkyl halides is 2. The third-order valence-corrected chi connectivity index (χ3v) is 5.21. The summed E-state index contributed by atoms with van der Waals surface area (Å²) in [4.78, 5) is 21.0. The van der Waals surface area contributed by atoms with Crippen LogP contribution in [0, 0.1) is 6.92 Å². The second-order valence-electron chi connectivity index (χ2n) is 7.64. The minimum Gasteiger partial charge on any atom is -0.390 e. The SMILES string of the molecule is CNc1cc(-n2nc(CO)cc2Nc2cc(NC(=O)c3cccc(C(F)F)c3)ccc2C)ncn1. The van der Waals surface area contributed by atoms with Crippen molar-refractivity contribution in [1.82, 2.24) is 19.7 Å². The molecule has 4 N–H and O–H groups in total. The molecule has 4 aromatic rings. The summed E-state index contributed by atoms with van der Waals surface area (Å²) in [7, 11) is 1.74. The first kappa shape index (κ1) is 23.8. The molecule has 11 heteroatoms. The number of aromatic nitrogens is 4. The molecule has 0 aliphatic carbocycles. The molecule has 0 saturated carbocycles. The third-order valence-electron chi connectivity index (χ3n) is 5.21. The summed E-state index contributed by atoms with van der Waals surface area (Å²) in [6, 6.07) is 14.0. The van der Waals surface area contributed by atoms with Gasteiger partial charge in [-0.15, -0.1) is 0 Å². The van der Waals surface area contributed by atoms with E-state index >= 15 is 0 Å². The first-order chi connectivity index (χ1) is 16.9. The number of carbonyl (C=O) groups excluding carboxylic acids is 1. The highest BCUT2D eigenvalue weighted by atomic mass is 19.3. The summed E-state index contributed by atoms with van der Waals surface area (Å²) in [6.07, 6.45) is -1.26. The number of halogens is 2. The Balaban J connectivity index is 1.61. The van der Waals surface area contributed by atoms with Crippen molar-refractivity contribution in [1.29, 1.82) is 0 Å². The Morgan fingerprint density at radius 3 is 2.69 bits per heavy atom. The van der Waals surface area contributed by atoms with E-state index < -0.39 is 12.3 Å². The van der Waals surface area contributed by atoms with E-state index in [0.717, 1.165) is 5.56 Å². The normalized spacial score (nSPS) is 10.9. The monoisotopic (exact) mass is 479 g/mol. The van der Waals surface area contributed by atoms with Crippen molar-refractivity contribution >= 4 is 28.9 Å². The van der Waals surface area contributed by atoms with Gasteiger partial charge in [-0.1, -0.05) is 18.2 Å². The van der Waals surface area contributed by atoms with Crippen molar-refractivity contribution in [2.24, 2.45) is 0 Å². The van der Waals surface area contributed by atoms with Crippen molar-refractivity contribution in [2.45, 2.75) is 20.0 Å². The summed E-state index contributed by atoms with van der Waals surface area (Å²) in [6.45, 7) is 1.62. The molecule has 0 aliphatic rings. The molecule has 0 bridgehead atoms. The largest absolute Gasteiger partial charge is 0.390 e. The van der Waals surface area contributed by atoms with E-state index in [9.17, 15) is 18.7 Å². The smallest absolute Gasteiger partial charge is 0.263 e. The highest BCUT2D eigenvalue weighted by molar-refractivity contribution is 6.04. The second-order valence-corrected chi connectivity index (χ2v) is 7.64. The van der Waals surface area contributed by atoms with E-state index in [1.165, 1.54) is 35.3 Å². The van der Waals surface area contributed by atoms with Gasteiger partial charge in [0.2, 0.25) is 0 Å². The maximum Gasteiger partial charge on any atom is 0.263 e. The third kappa shape index (κ3) is 5.41. The molecule has 0 spiro atoms.